The predicted molar refractivity (Wildman–Crippen MR) is 134 cm³/mol. The maximum absolute atomic E-state index is 12.9. The highest BCUT2D eigenvalue weighted by Crippen LogP contribution is 2.30. The van der Waals surface area contributed by atoms with Crippen LogP contribution in [0.15, 0.2) is 66.7 Å². The lowest BCUT2D eigenvalue weighted by molar-refractivity contribution is 0.0939. The van der Waals surface area contributed by atoms with Gasteiger partial charge in [-0.3, -0.25) is 9.10 Å². The smallest absolute Gasteiger partial charge is 0.251 e. The van der Waals surface area contributed by atoms with Gasteiger partial charge in [-0.05, 0) is 61.0 Å². The van der Waals surface area contributed by atoms with E-state index < -0.39 is 10.0 Å². The monoisotopic (exact) mass is 502 g/mol. The molecule has 0 fully saturated rings. The number of sulfonamides is 1. The molecule has 9 heteroatoms. The first-order chi connectivity index (χ1) is 16.1. The summed E-state index contributed by atoms with van der Waals surface area (Å²) in [5, 5.41) is 3.42. The summed E-state index contributed by atoms with van der Waals surface area (Å²) < 4.78 is 36.9. The lowest BCUT2D eigenvalue weighted by Crippen LogP contribution is -2.30. The first kappa shape index (κ1) is 25.4. The molecule has 1 atom stereocenters. The molecule has 7 nitrogen and oxygen atoms in total. The number of nitrogens with one attached hydrogen (secondary N) is 1. The maximum atomic E-state index is 12.9. The van der Waals surface area contributed by atoms with Gasteiger partial charge in [-0.25, -0.2) is 8.42 Å². The molecule has 0 heterocycles. The van der Waals surface area contributed by atoms with Gasteiger partial charge >= 0.3 is 0 Å². The Labute approximate surface area is 205 Å². The Morgan fingerprint density at radius 1 is 1.03 bits per heavy atom. The molecule has 1 amide bonds. The van der Waals surface area contributed by atoms with Crippen molar-refractivity contribution in [1.82, 2.24) is 5.32 Å². The maximum Gasteiger partial charge on any atom is 0.251 e. The number of anilines is 1. The van der Waals surface area contributed by atoms with Crippen molar-refractivity contribution in [2.45, 2.75) is 19.5 Å². The molecule has 3 aromatic carbocycles. The summed E-state index contributed by atoms with van der Waals surface area (Å²) in [6, 6.07) is 18.5. The van der Waals surface area contributed by atoms with Gasteiger partial charge in [0.15, 0.2) is 0 Å². The quantitative estimate of drug-likeness (QED) is 0.453. The van der Waals surface area contributed by atoms with Crippen molar-refractivity contribution >= 4 is 33.2 Å². The molecule has 0 aliphatic rings. The number of halogens is 1. The molecule has 0 aliphatic heterocycles. The van der Waals surface area contributed by atoms with E-state index in [0.717, 1.165) is 11.8 Å². The zero-order valence-electron chi connectivity index (χ0n) is 19.4. The Kier molecular flexibility index (Phi) is 8.06. The molecular formula is C25H27ClN2O5S. The van der Waals surface area contributed by atoms with Crippen LogP contribution in [0, 0.1) is 0 Å². The van der Waals surface area contributed by atoms with E-state index in [0.29, 0.717) is 33.3 Å². The normalized spacial score (nSPS) is 12.0. The number of carbonyl (C=O) groups excluding carboxylic acids is 1. The molecule has 3 rings (SSSR count). The van der Waals surface area contributed by atoms with Crippen molar-refractivity contribution in [3.63, 3.8) is 0 Å². The molecule has 34 heavy (non-hydrogen) atoms. The van der Waals surface area contributed by atoms with Crippen molar-refractivity contribution in [2.24, 2.45) is 0 Å². The number of nitrogens with zero attached hydrogens (tertiary/aromatic N) is 1. The Balaban J connectivity index is 1.80. The molecule has 0 spiro atoms. The zero-order valence-corrected chi connectivity index (χ0v) is 21.0. The zero-order chi connectivity index (χ0) is 24.9. The lowest BCUT2D eigenvalue weighted by Gasteiger charge is -2.23. The summed E-state index contributed by atoms with van der Waals surface area (Å²) in [4.78, 5) is 12.9. The Hall–Kier alpha value is -3.23. The molecule has 0 radical (unpaired) electrons. The van der Waals surface area contributed by atoms with E-state index >= 15 is 0 Å². The molecule has 0 bridgehead atoms. The van der Waals surface area contributed by atoms with Gasteiger partial charge < -0.3 is 14.8 Å². The van der Waals surface area contributed by atoms with Crippen LogP contribution in [-0.4, -0.2) is 34.8 Å². The summed E-state index contributed by atoms with van der Waals surface area (Å²) >= 11 is 6.22. The standard InChI is InChI=1S/C25H27ClN2O5S/c1-17(22-15-21(32-2)13-14-24(22)33-3)27-25(29)18-9-11-20(12-10-18)28(34(4,30)31)16-19-7-5-6-8-23(19)26/h5-15,17H,16H2,1-4H3,(H,27,29)/t17-/m0/s1. The van der Waals surface area contributed by atoms with E-state index in [-0.39, 0.29) is 18.5 Å². The van der Waals surface area contributed by atoms with Crippen LogP contribution >= 0.6 is 11.6 Å². The number of methoxy groups -OCH3 is 2. The first-order valence-electron chi connectivity index (χ1n) is 10.5. The van der Waals surface area contributed by atoms with E-state index in [1.54, 1.807) is 74.9 Å². The minimum atomic E-state index is -3.59. The van der Waals surface area contributed by atoms with Crippen LogP contribution in [0.3, 0.4) is 0 Å². The molecule has 0 saturated heterocycles. The van der Waals surface area contributed by atoms with Gasteiger partial charge in [-0.1, -0.05) is 29.8 Å². The fourth-order valence-corrected chi connectivity index (χ4v) is 4.57. The van der Waals surface area contributed by atoms with Crippen LogP contribution in [0.2, 0.25) is 5.02 Å². The topological polar surface area (TPSA) is 84.9 Å². The van der Waals surface area contributed by atoms with Gasteiger partial charge in [0.2, 0.25) is 10.0 Å². The van der Waals surface area contributed by atoms with Crippen LogP contribution in [0.4, 0.5) is 5.69 Å². The Morgan fingerprint density at radius 2 is 1.71 bits per heavy atom. The van der Waals surface area contributed by atoms with Gasteiger partial charge in [0.25, 0.3) is 5.91 Å². The summed E-state index contributed by atoms with van der Waals surface area (Å²) in [6.45, 7) is 1.93. The van der Waals surface area contributed by atoms with Crippen LogP contribution < -0.4 is 19.1 Å². The number of hydrogen-bond acceptors (Lipinski definition) is 5. The molecule has 0 unspecified atom stereocenters. The van der Waals surface area contributed by atoms with E-state index in [1.165, 1.54) is 4.31 Å². The molecule has 0 aliphatic carbocycles. The van der Waals surface area contributed by atoms with Crippen molar-refractivity contribution in [1.29, 1.82) is 0 Å². The Morgan fingerprint density at radius 3 is 2.29 bits per heavy atom. The summed E-state index contributed by atoms with van der Waals surface area (Å²) in [7, 11) is -0.451. The number of ether oxygens (including phenoxy) is 2. The highest BCUT2D eigenvalue weighted by atomic mass is 35.5. The number of amides is 1. The highest BCUT2D eigenvalue weighted by Gasteiger charge is 2.20. The predicted octanol–water partition coefficient (Wildman–Crippen LogP) is 4.81. The van der Waals surface area contributed by atoms with Crippen LogP contribution in [-0.2, 0) is 16.6 Å². The first-order valence-corrected chi connectivity index (χ1v) is 12.7. The van der Waals surface area contributed by atoms with Crippen molar-refractivity contribution in [3.05, 3.63) is 88.4 Å². The van der Waals surface area contributed by atoms with Crippen molar-refractivity contribution in [3.8, 4) is 11.5 Å². The molecular weight excluding hydrogens is 476 g/mol. The minimum Gasteiger partial charge on any atom is -0.497 e. The van der Waals surface area contributed by atoms with Crippen LogP contribution in [0.1, 0.15) is 34.5 Å². The van der Waals surface area contributed by atoms with Crippen molar-refractivity contribution in [2.75, 3.05) is 24.8 Å². The van der Waals surface area contributed by atoms with Gasteiger partial charge in [-0.2, -0.15) is 0 Å². The van der Waals surface area contributed by atoms with E-state index in [9.17, 15) is 13.2 Å². The molecule has 0 saturated carbocycles. The number of rotatable bonds is 9. The molecule has 1 N–H and O–H groups in total. The lowest BCUT2D eigenvalue weighted by atomic mass is 10.1. The second-order valence-electron chi connectivity index (χ2n) is 7.71. The minimum absolute atomic E-state index is 0.0801. The second kappa shape index (κ2) is 10.8. The van der Waals surface area contributed by atoms with Gasteiger partial charge in [0.05, 0.1) is 38.7 Å². The van der Waals surface area contributed by atoms with Crippen molar-refractivity contribution < 1.29 is 22.7 Å². The largest absolute Gasteiger partial charge is 0.497 e. The average Bonchev–Trinajstić information content (AvgIpc) is 2.82. The van der Waals surface area contributed by atoms with Crippen LogP contribution in [0.25, 0.3) is 0 Å². The van der Waals surface area contributed by atoms with Gasteiger partial charge in [0, 0.05) is 16.1 Å². The summed E-state index contributed by atoms with van der Waals surface area (Å²) in [5.41, 5.74) is 2.28. The number of carbonyl (C=O) groups is 1. The SMILES string of the molecule is COc1ccc(OC)c([C@H](C)NC(=O)c2ccc(N(Cc3ccccc3Cl)S(C)(=O)=O)cc2)c1. The fraction of sp³-hybridized carbons (Fsp3) is 0.240. The highest BCUT2D eigenvalue weighted by molar-refractivity contribution is 7.92. The number of benzene rings is 3. The fourth-order valence-electron chi connectivity index (χ4n) is 3.50. The third-order valence-corrected chi connectivity index (χ3v) is 6.85. The van der Waals surface area contributed by atoms with E-state index in [2.05, 4.69) is 5.32 Å². The second-order valence-corrected chi connectivity index (χ2v) is 10.0. The summed E-state index contributed by atoms with van der Waals surface area (Å²) in [6.07, 6.45) is 1.13. The molecule has 0 aromatic heterocycles. The Bertz CT molecular complexity index is 1260. The average molecular weight is 503 g/mol. The molecule has 180 valence electrons. The third-order valence-electron chi connectivity index (χ3n) is 5.34. The summed E-state index contributed by atoms with van der Waals surface area (Å²) in [5.74, 6) is 0.980. The number of hydrogen-bond donors (Lipinski definition) is 1. The van der Waals surface area contributed by atoms with E-state index in [1.807, 2.05) is 13.0 Å². The van der Waals surface area contributed by atoms with Gasteiger partial charge in [-0.15, -0.1) is 0 Å². The van der Waals surface area contributed by atoms with Gasteiger partial charge in [0.1, 0.15) is 11.5 Å². The third kappa shape index (κ3) is 6.01. The molecule has 3 aromatic rings. The van der Waals surface area contributed by atoms with E-state index in [4.69, 9.17) is 21.1 Å². The van der Waals surface area contributed by atoms with Crippen LogP contribution in [0.5, 0.6) is 11.5 Å².